The van der Waals surface area contributed by atoms with Gasteiger partial charge in [0.1, 0.15) is 0 Å². The Morgan fingerprint density at radius 1 is 1.33 bits per heavy atom. The fourth-order valence-electron chi connectivity index (χ4n) is 3.00. The number of aromatic nitrogens is 2. The number of alkyl halides is 3. The van der Waals surface area contributed by atoms with Crippen LogP contribution < -0.4 is 5.32 Å². The van der Waals surface area contributed by atoms with Crippen molar-refractivity contribution in [3.05, 3.63) is 53.9 Å². The van der Waals surface area contributed by atoms with Crippen LogP contribution >= 0.6 is 11.8 Å². The van der Waals surface area contributed by atoms with Crippen molar-refractivity contribution in [2.75, 3.05) is 6.54 Å². The van der Waals surface area contributed by atoms with Crippen LogP contribution in [0.5, 0.6) is 0 Å². The topological polar surface area (TPSA) is 88.3 Å². The lowest BCUT2D eigenvalue weighted by Crippen LogP contribution is -2.59. The van der Waals surface area contributed by atoms with Gasteiger partial charge in [0.05, 0.1) is 11.5 Å². The molecule has 1 aliphatic rings. The van der Waals surface area contributed by atoms with E-state index in [4.69, 9.17) is 4.42 Å². The third kappa shape index (κ3) is 5.02. The first-order valence-corrected chi connectivity index (χ1v) is 10.0. The van der Waals surface area contributed by atoms with Gasteiger partial charge in [0, 0.05) is 24.8 Å². The average molecular weight is 440 g/mol. The highest BCUT2D eigenvalue weighted by molar-refractivity contribution is 7.98. The van der Waals surface area contributed by atoms with Crippen LogP contribution in [0.1, 0.15) is 23.9 Å². The monoisotopic (exact) mass is 440 g/mol. The number of imide groups is 1. The van der Waals surface area contributed by atoms with Crippen molar-refractivity contribution in [2.45, 2.75) is 36.5 Å². The highest BCUT2D eigenvalue weighted by atomic mass is 32.2. The minimum absolute atomic E-state index is 0.0931. The maximum atomic E-state index is 12.8. The lowest BCUT2D eigenvalue weighted by Gasteiger charge is -2.34. The second-order valence-corrected chi connectivity index (χ2v) is 7.66. The Morgan fingerprint density at radius 3 is 2.80 bits per heavy atom. The second kappa shape index (κ2) is 8.90. The van der Waals surface area contributed by atoms with Gasteiger partial charge in [-0.15, -0.1) is 16.8 Å². The molecule has 160 valence electrons. The van der Waals surface area contributed by atoms with Gasteiger partial charge < -0.3 is 9.73 Å². The summed E-state index contributed by atoms with van der Waals surface area (Å²) in [6.07, 6.45) is -2.82. The molecule has 30 heavy (non-hydrogen) atoms. The quantitative estimate of drug-likeness (QED) is 0.522. The number of nitrogens with zero attached hydrogens (tertiary/aromatic N) is 3. The summed E-state index contributed by atoms with van der Waals surface area (Å²) in [6, 6.07) is 4.11. The lowest BCUT2D eigenvalue weighted by molar-refractivity contribution is -0.137. The Labute approximate surface area is 174 Å². The minimum atomic E-state index is -4.41. The van der Waals surface area contributed by atoms with Crippen molar-refractivity contribution >= 4 is 23.7 Å². The highest BCUT2D eigenvalue weighted by Gasteiger charge is 2.39. The number of hydrogen-bond acceptors (Lipinski definition) is 6. The summed E-state index contributed by atoms with van der Waals surface area (Å²) in [6.45, 7) is 5.35. The molecule has 1 aliphatic heterocycles. The molecule has 0 bridgehead atoms. The number of halogens is 3. The van der Waals surface area contributed by atoms with Gasteiger partial charge in [-0.1, -0.05) is 36.0 Å². The largest absolute Gasteiger partial charge is 0.416 e. The fourth-order valence-corrected chi connectivity index (χ4v) is 3.73. The van der Waals surface area contributed by atoms with Crippen molar-refractivity contribution in [3.8, 4) is 0 Å². The molecule has 1 N–H and O–H groups in total. The summed E-state index contributed by atoms with van der Waals surface area (Å²) >= 11 is 1.10. The van der Waals surface area contributed by atoms with Gasteiger partial charge in [-0.2, -0.15) is 13.2 Å². The molecule has 2 atom stereocenters. The predicted octanol–water partition coefficient (Wildman–Crippen LogP) is 3.67. The molecule has 3 amide bonds. The number of hydrogen-bond donors (Lipinski definition) is 1. The lowest BCUT2D eigenvalue weighted by atomic mass is 9.93. The van der Waals surface area contributed by atoms with E-state index >= 15 is 0 Å². The van der Waals surface area contributed by atoms with Crippen molar-refractivity contribution in [2.24, 2.45) is 5.92 Å². The molecule has 3 rings (SSSR count). The van der Waals surface area contributed by atoms with Crippen molar-refractivity contribution in [1.29, 1.82) is 0 Å². The molecule has 1 aromatic heterocycles. The van der Waals surface area contributed by atoms with E-state index in [2.05, 4.69) is 22.1 Å². The molecule has 1 aromatic carbocycles. The van der Waals surface area contributed by atoms with Gasteiger partial charge in [-0.3, -0.25) is 9.69 Å². The maximum absolute atomic E-state index is 12.8. The third-order valence-corrected chi connectivity index (χ3v) is 5.44. The maximum Gasteiger partial charge on any atom is 0.416 e. The van der Waals surface area contributed by atoms with Crippen molar-refractivity contribution < 1.29 is 27.2 Å². The summed E-state index contributed by atoms with van der Waals surface area (Å²) < 4.78 is 44.0. The Hall–Kier alpha value is -2.82. The molecular formula is C19H19F3N4O3S. The molecular weight excluding hydrogens is 421 g/mol. The van der Waals surface area contributed by atoms with E-state index in [-0.39, 0.29) is 35.7 Å². The number of carbonyl (C=O) groups excluding carboxylic acids is 2. The first kappa shape index (κ1) is 21.9. The number of urea groups is 1. The van der Waals surface area contributed by atoms with Gasteiger partial charge in [-0.05, 0) is 18.6 Å². The zero-order valence-electron chi connectivity index (χ0n) is 16.0. The summed E-state index contributed by atoms with van der Waals surface area (Å²) in [7, 11) is 0. The van der Waals surface area contributed by atoms with Crippen LogP contribution in [0.3, 0.4) is 0 Å². The Kier molecular flexibility index (Phi) is 6.49. The van der Waals surface area contributed by atoms with E-state index in [1.165, 1.54) is 12.1 Å². The molecule has 0 radical (unpaired) electrons. The van der Waals surface area contributed by atoms with Crippen LogP contribution in [0.4, 0.5) is 18.0 Å². The first-order chi connectivity index (χ1) is 14.2. The Bertz CT molecular complexity index is 947. The van der Waals surface area contributed by atoms with Crippen LogP contribution in [0.15, 0.2) is 46.6 Å². The molecule has 0 spiro atoms. The van der Waals surface area contributed by atoms with E-state index in [1.54, 1.807) is 13.0 Å². The average Bonchev–Trinajstić information content (AvgIpc) is 3.14. The number of benzene rings is 1. The molecule has 7 nitrogen and oxygen atoms in total. The summed E-state index contributed by atoms with van der Waals surface area (Å²) in [5.74, 6) is -0.513. The Morgan fingerprint density at radius 2 is 2.10 bits per heavy atom. The molecule has 11 heteroatoms. The van der Waals surface area contributed by atoms with Crippen LogP contribution in [0.25, 0.3) is 0 Å². The number of amides is 3. The molecule has 1 fully saturated rings. The molecule has 0 aliphatic carbocycles. The van der Waals surface area contributed by atoms with Gasteiger partial charge in [0.2, 0.25) is 11.8 Å². The molecule has 2 unspecified atom stereocenters. The summed E-state index contributed by atoms with van der Waals surface area (Å²) in [5, 5.41) is 10.7. The van der Waals surface area contributed by atoms with Crippen LogP contribution in [-0.2, 0) is 23.1 Å². The van der Waals surface area contributed by atoms with Crippen LogP contribution in [0.2, 0.25) is 0 Å². The molecule has 2 heterocycles. The number of rotatable bonds is 7. The van der Waals surface area contributed by atoms with E-state index in [0.717, 1.165) is 28.8 Å². The van der Waals surface area contributed by atoms with E-state index in [1.807, 2.05) is 0 Å². The number of carbonyl (C=O) groups is 2. The van der Waals surface area contributed by atoms with Gasteiger partial charge >= 0.3 is 12.2 Å². The molecule has 0 saturated carbocycles. The predicted molar refractivity (Wildman–Crippen MR) is 102 cm³/mol. The normalized spacial score (nSPS) is 19.7. The molecule has 1 saturated heterocycles. The third-order valence-electron chi connectivity index (χ3n) is 4.55. The standard InChI is InChI=1S/C19H19F3N4O3S/c1-3-7-26-16(27)14(11(2)23-17(26)28)9-15-24-25-18(29-15)30-10-12-5-4-6-13(8-12)19(20,21)22/h3-6,8,11,14H,1,7,9-10H2,2H3,(H,23,28). The SMILES string of the molecule is C=CCN1C(=O)NC(C)C(Cc2nnc(SCc3cccc(C(F)(F)F)c3)o2)C1=O. The second-order valence-electron chi connectivity index (χ2n) is 6.73. The number of nitrogens with one attached hydrogen (secondary N) is 1. The zero-order chi connectivity index (χ0) is 21.9. The van der Waals surface area contributed by atoms with Gasteiger partial charge in [0.15, 0.2) is 0 Å². The minimum Gasteiger partial charge on any atom is -0.416 e. The van der Waals surface area contributed by atoms with Gasteiger partial charge in [0.25, 0.3) is 5.22 Å². The van der Waals surface area contributed by atoms with Crippen molar-refractivity contribution in [3.63, 3.8) is 0 Å². The van der Waals surface area contributed by atoms with Crippen LogP contribution in [0, 0.1) is 5.92 Å². The van der Waals surface area contributed by atoms with Crippen molar-refractivity contribution in [1.82, 2.24) is 20.4 Å². The highest BCUT2D eigenvalue weighted by Crippen LogP contribution is 2.31. The Balaban J connectivity index is 1.63. The van der Waals surface area contributed by atoms with Gasteiger partial charge in [-0.25, -0.2) is 4.79 Å². The van der Waals surface area contributed by atoms with E-state index in [0.29, 0.717) is 5.56 Å². The smallest absolute Gasteiger partial charge is 0.416 e. The molecule has 2 aromatic rings. The first-order valence-electron chi connectivity index (χ1n) is 9.03. The number of thioether (sulfide) groups is 1. The summed E-state index contributed by atoms with van der Waals surface area (Å²) in [5.41, 5.74) is -0.254. The summed E-state index contributed by atoms with van der Waals surface area (Å²) in [4.78, 5) is 25.6. The van der Waals surface area contributed by atoms with Crippen LogP contribution in [-0.4, -0.2) is 39.6 Å². The fraction of sp³-hybridized carbons (Fsp3) is 0.368. The van der Waals surface area contributed by atoms with E-state index in [9.17, 15) is 22.8 Å². The zero-order valence-corrected chi connectivity index (χ0v) is 16.8. The van der Waals surface area contributed by atoms with E-state index < -0.39 is 29.7 Å².